The second kappa shape index (κ2) is 6.89. The van der Waals surface area contributed by atoms with Crippen molar-refractivity contribution in [3.05, 3.63) is 90.5 Å². The minimum atomic E-state index is 0.155. The van der Waals surface area contributed by atoms with Crippen molar-refractivity contribution in [1.82, 2.24) is 15.0 Å². The number of thioether (sulfide) groups is 1. The molecule has 0 bridgehead atoms. The molecule has 0 aliphatic heterocycles. The maximum absolute atomic E-state index is 4.43. The van der Waals surface area contributed by atoms with Gasteiger partial charge in [-0.2, -0.15) is 0 Å². The van der Waals surface area contributed by atoms with Crippen LogP contribution in [0.1, 0.15) is 10.9 Å². The SMILES string of the molecule is c1ccc(CC(Sc2ccccc2)n2nnc3ccccc32)cc1. The molecule has 118 valence electrons. The summed E-state index contributed by atoms with van der Waals surface area (Å²) in [4.78, 5) is 1.23. The van der Waals surface area contributed by atoms with Crippen LogP contribution in [0.4, 0.5) is 0 Å². The average molecular weight is 331 g/mol. The highest BCUT2D eigenvalue weighted by atomic mass is 32.2. The Bertz CT molecular complexity index is 878. The van der Waals surface area contributed by atoms with Crippen molar-refractivity contribution in [3.8, 4) is 0 Å². The van der Waals surface area contributed by atoms with Crippen molar-refractivity contribution in [3.63, 3.8) is 0 Å². The van der Waals surface area contributed by atoms with Gasteiger partial charge in [0.2, 0.25) is 0 Å². The zero-order valence-electron chi connectivity index (χ0n) is 13.1. The Morgan fingerprint density at radius 3 is 2.25 bits per heavy atom. The number of benzene rings is 3. The molecule has 0 amide bonds. The molecule has 0 radical (unpaired) electrons. The van der Waals surface area contributed by atoms with E-state index in [0.29, 0.717) is 0 Å². The van der Waals surface area contributed by atoms with Gasteiger partial charge in [-0.1, -0.05) is 77.6 Å². The molecule has 4 heteroatoms. The summed E-state index contributed by atoms with van der Waals surface area (Å²) >= 11 is 1.82. The summed E-state index contributed by atoms with van der Waals surface area (Å²) in [6.07, 6.45) is 0.897. The lowest BCUT2D eigenvalue weighted by atomic mass is 10.1. The minimum Gasteiger partial charge on any atom is -0.231 e. The Kier molecular flexibility index (Phi) is 4.30. The molecule has 24 heavy (non-hydrogen) atoms. The first-order chi connectivity index (χ1) is 11.9. The molecular formula is C20H17N3S. The Labute approximate surface area is 145 Å². The van der Waals surface area contributed by atoms with E-state index in [1.54, 1.807) is 0 Å². The molecule has 0 fully saturated rings. The number of para-hydroxylation sites is 1. The fraction of sp³-hybridized carbons (Fsp3) is 0.100. The van der Waals surface area contributed by atoms with E-state index in [0.717, 1.165) is 17.5 Å². The number of nitrogens with zero attached hydrogens (tertiary/aromatic N) is 3. The Morgan fingerprint density at radius 2 is 1.46 bits per heavy atom. The first-order valence-electron chi connectivity index (χ1n) is 7.96. The number of fused-ring (bicyclic) bond motifs is 1. The third-order valence-electron chi connectivity index (χ3n) is 3.92. The van der Waals surface area contributed by atoms with Crippen LogP contribution in [-0.4, -0.2) is 15.0 Å². The van der Waals surface area contributed by atoms with Crippen molar-refractivity contribution >= 4 is 22.8 Å². The fourth-order valence-corrected chi connectivity index (χ4v) is 3.91. The summed E-state index contributed by atoms with van der Waals surface area (Å²) in [6.45, 7) is 0. The predicted molar refractivity (Wildman–Crippen MR) is 99.0 cm³/mol. The van der Waals surface area contributed by atoms with Crippen LogP contribution in [0.3, 0.4) is 0 Å². The van der Waals surface area contributed by atoms with E-state index in [2.05, 4.69) is 64.9 Å². The Balaban J connectivity index is 1.72. The lowest BCUT2D eigenvalue weighted by Crippen LogP contribution is -2.10. The van der Waals surface area contributed by atoms with E-state index < -0.39 is 0 Å². The van der Waals surface area contributed by atoms with E-state index in [-0.39, 0.29) is 5.37 Å². The van der Waals surface area contributed by atoms with Crippen molar-refractivity contribution in [2.75, 3.05) is 0 Å². The molecule has 3 nitrogen and oxygen atoms in total. The van der Waals surface area contributed by atoms with Crippen molar-refractivity contribution in [2.24, 2.45) is 0 Å². The minimum absolute atomic E-state index is 0.155. The van der Waals surface area contributed by atoms with Crippen LogP contribution in [-0.2, 0) is 6.42 Å². The fourth-order valence-electron chi connectivity index (χ4n) is 2.75. The van der Waals surface area contributed by atoms with Crippen molar-refractivity contribution in [2.45, 2.75) is 16.7 Å². The van der Waals surface area contributed by atoms with Crippen LogP contribution in [0.25, 0.3) is 11.0 Å². The molecule has 1 heterocycles. The number of aromatic nitrogens is 3. The molecule has 3 aromatic carbocycles. The monoisotopic (exact) mass is 331 g/mol. The molecule has 4 aromatic rings. The van der Waals surface area contributed by atoms with Gasteiger partial charge in [0, 0.05) is 11.3 Å². The normalized spacial score (nSPS) is 12.3. The van der Waals surface area contributed by atoms with Gasteiger partial charge in [-0.3, -0.25) is 0 Å². The molecule has 0 aliphatic carbocycles. The third kappa shape index (κ3) is 3.19. The summed E-state index contributed by atoms with van der Waals surface area (Å²) in [5, 5.41) is 8.91. The van der Waals surface area contributed by atoms with Crippen LogP contribution < -0.4 is 0 Å². The summed E-state index contributed by atoms with van der Waals surface area (Å²) in [5.41, 5.74) is 3.30. The highest BCUT2D eigenvalue weighted by Crippen LogP contribution is 2.34. The molecule has 1 aromatic heterocycles. The number of hydrogen-bond acceptors (Lipinski definition) is 3. The predicted octanol–water partition coefficient (Wildman–Crippen LogP) is 4.96. The van der Waals surface area contributed by atoms with Crippen LogP contribution in [0.2, 0.25) is 0 Å². The molecule has 0 N–H and O–H groups in total. The Morgan fingerprint density at radius 1 is 0.792 bits per heavy atom. The van der Waals surface area contributed by atoms with Crippen LogP contribution in [0, 0.1) is 0 Å². The average Bonchev–Trinajstić information content (AvgIpc) is 3.07. The van der Waals surface area contributed by atoms with Crippen molar-refractivity contribution in [1.29, 1.82) is 0 Å². The Hall–Kier alpha value is -2.59. The van der Waals surface area contributed by atoms with Crippen LogP contribution >= 0.6 is 11.8 Å². The van der Waals surface area contributed by atoms with Gasteiger partial charge in [-0.05, 0) is 29.8 Å². The molecule has 1 atom stereocenters. The van der Waals surface area contributed by atoms with Gasteiger partial charge >= 0.3 is 0 Å². The zero-order valence-corrected chi connectivity index (χ0v) is 13.9. The smallest absolute Gasteiger partial charge is 0.113 e. The van der Waals surface area contributed by atoms with E-state index >= 15 is 0 Å². The maximum Gasteiger partial charge on any atom is 0.113 e. The molecule has 0 saturated carbocycles. The maximum atomic E-state index is 4.43. The highest BCUT2D eigenvalue weighted by molar-refractivity contribution is 7.99. The highest BCUT2D eigenvalue weighted by Gasteiger charge is 2.17. The van der Waals surface area contributed by atoms with E-state index in [1.807, 2.05) is 46.8 Å². The number of hydrogen-bond donors (Lipinski definition) is 0. The number of rotatable bonds is 5. The molecule has 0 aliphatic rings. The van der Waals surface area contributed by atoms with E-state index in [4.69, 9.17) is 0 Å². The first kappa shape index (κ1) is 15.0. The van der Waals surface area contributed by atoms with Gasteiger partial charge < -0.3 is 0 Å². The molecule has 0 spiro atoms. The first-order valence-corrected chi connectivity index (χ1v) is 8.84. The lowest BCUT2D eigenvalue weighted by Gasteiger charge is -2.17. The van der Waals surface area contributed by atoms with Gasteiger partial charge in [0.05, 0.1) is 5.52 Å². The van der Waals surface area contributed by atoms with Crippen LogP contribution in [0.5, 0.6) is 0 Å². The van der Waals surface area contributed by atoms with Gasteiger partial charge in [0.25, 0.3) is 0 Å². The van der Waals surface area contributed by atoms with Crippen molar-refractivity contribution < 1.29 is 0 Å². The summed E-state index contributed by atoms with van der Waals surface area (Å²) in [6, 6.07) is 29.1. The third-order valence-corrected chi connectivity index (χ3v) is 5.10. The summed E-state index contributed by atoms with van der Waals surface area (Å²) < 4.78 is 2.04. The molecule has 4 rings (SSSR count). The molecule has 1 unspecified atom stereocenters. The van der Waals surface area contributed by atoms with Gasteiger partial charge in [0.15, 0.2) is 0 Å². The second-order valence-electron chi connectivity index (χ2n) is 5.60. The zero-order chi connectivity index (χ0) is 16.2. The van der Waals surface area contributed by atoms with E-state index in [9.17, 15) is 0 Å². The van der Waals surface area contributed by atoms with Gasteiger partial charge in [-0.25, -0.2) is 4.68 Å². The summed E-state index contributed by atoms with van der Waals surface area (Å²) in [7, 11) is 0. The van der Waals surface area contributed by atoms with Crippen LogP contribution in [0.15, 0.2) is 89.8 Å². The molecule has 0 saturated heterocycles. The lowest BCUT2D eigenvalue weighted by molar-refractivity contribution is 0.590. The van der Waals surface area contributed by atoms with E-state index in [1.165, 1.54) is 10.5 Å². The van der Waals surface area contributed by atoms with Gasteiger partial charge in [-0.15, -0.1) is 5.10 Å². The topological polar surface area (TPSA) is 30.7 Å². The standard InChI is InChI=1S/C20H17N3S/c1-3-9-16(10-4-1)15-20(24-17-11-5-2-6-12-17)23-19-14-8-7-13-18(19)21-22-23/h1-14,20H,15H2. The molecular weight excluding hydrogens is 314 g/mol. The largest absolute Gasteiger partial charge is 0.231 e. The van der Waals surface area contributed by atoms with Gasteiger partial charge in [0.1, 0.15) is 10.9 Å². The summed E-state index contributed by atoms with van der Waals surface area (Å²) in [5.74, 6) is 0. The second-order valence-corrected chi connectivity index (χ2v) is 6.85. The quantitative estimate of drug-likeness (QED) is 0.484.